The molecule has 0 atom stereocenters. The van der Waals surface area contributed by atoms with E-state index in [2.05, 4.69) is 53.0 Å². The van der Waals surface area contributed by atoms with Gasteiger partial charge in [0.1, 0.15) is 0 Å². The Morgan fingerprint density at radius 1 is 1.20 bits per heavy atom. The molecule has 0 aliphatic heterocycles. The highest BCUT2D eigenvalue weighted by molar-refractivity contribution is 5.24. The van der Waals surface area contributed by atoms with Crippen molar-refractivity contribution in [2.24, 2.45) is 0 Å². The molecule has 0 aliphatic rings. The van der Waals surface area contributed by atoms with Gasteiger partial charge >= 0.3 is 0 Å². The van der Waals surface area contributed by atoms with Crippen LogP contribution in [-0.2, 0) is 19.5 Å². The lowest BCUT2D eigenvalue weighted by Gasteiger charge is -2.06. The van der Waals surface area contributed by atoms with Crippen molar-refractivity contribution in [2.45, 2.75) is 46.7 Å². The van der Waals surface area contributed by atoms with Crippen molar-refractivity contribution in [3.63, 3.8) is 0 Å². The third kappa shape index (κ3) is 3.67. The first-order chi connectivity index (χ1) is 9.72. The van der Waals surface area contributed by atoms with Gasteiger partial charge in [0.2, 0.25) is 0 Å². The largest absolute Gasteiger partial charge is 0.313 e. The molecule has 0 unspecified atom stereocenters. The number of nitrogens with one attached hydrogen (secondary N) is 1. The van der Waals surface area contributed by atoms with Gasteiger partial charge in [-0.15, -0.1) is 0 Å². The normalized spacial score (nSPS) is 10.9. The van der Waals surface area contributed by atoms with Gasteiger partial charge in [0.05, 0.1) is 5.69 Å². The lowest BCUT2D eigenvalue weighted by molar-refractivity contribution is 0.591. The zero-order valence-electron chi connectivity index (χ0n) is 12.7. The summed E-state index contributed by atoms with van der Waals surface area (Å²) in [7, 11) is 0. The Hall–Kier alpha value is -1.68. The predicted molar refractivity (Wildman–Crippen MR) is 81.6 cm³/mol. The van der Waals surface area contributed by atoms with Gasteiger partial charge < -0.3 is 5.32 Å². The van der Waals surface area contributed by atoms with E-state index in [0.717, 1.165) is 38.2 Å². The molecule has 0 radical (unpaired) electrons. The minimum Gasteiger partial charge on any atom is -0.313 e. The number of nitrogens with zero attached hydrogens (tertiary/aromatic N) is 3. The van der Waals surface area contributed by atoms with E-state index in [0.29, 0.717) is 0 Å². The van der Waals surface area contributed by atoms with Gasteiger partial charge in [0, 0.05) is 36.7 Å². The Balaban J connectivity index is 2.00. The van der Waals surface area contributed by atoms with Crippen LogP contribution >= 0.6 is 0 Å². The van der Waals surface area contributed by atoms with Crippen LogP contribution in [0.5, 0.6) is 0 Å². The highest BCUT2D eigenvalue weighted by atomic mass is 15.3. The molecule has 0 spiro atoms. The molecule has 0 saturated heterocycles. The van der Waals surface area contributed by atoms with Crippen LogP contribution in [0.15, 0.2) is 24.5 Å². The van der Waals surface area contributed by atoms with E-state index in [1.807, 2.05) is 12.4 Å². The summed E-state index contributed by atoms with van der Waals surface area (Å²) in [4.78, 5) is 4.05. The number of hydrogen-bond donors (Lipinski definition) is 1. The first-order valence-corrected chi connectivity index (χ1v) is 7.35. The molecule has 2 heterocycles. The van der Waals surface area contributed by atoms with Crippen molar-refractivity contribution >= 4 is 0 Å². The van der Waals surface area contributed by atoms with Gasteiger partial charge in [-0.3, -0.25) is 9.67 Å². The maximum Gasteiger partial charge on any atom is 0.0641 e. The molecule has 2 rings (SSSR count). The molecule has 4 heteroatoms. The molecule has 0 fully saturated rings. The molecule has 0 aromatic carbocycles. The number of aromatic nitrogens is 3. The van der Waals surface area contributed by atoms with E-state index < -0.39 is 0 Å². The fraction of sp³-hybridized carbons (Fsp3) is 0.500. The van der Waals surface area contributed by atoms with E-state index in [1.165, 1.54) is 16.8 Å². The summed E-state index contributed by atoms with van der Waals surface area (Å²) >= 11 is 0. The van der Waals surface area contributed by atoms with Gasteiger partial charge in [-0.25, -0.2) is 0 Å². The number of hydrogen-bond acceptors (Lipinski definition) is 3. The standard InChI is InChI=1S/C16H24N4/c1-4-8-18-12-16-13(2)19-20(14(16)3)11-7-15-5-9-17-10-6-15/h5-6,9-10,18H,4,7-8,11-12H2,1-3H3. The topological polar surface area (TPSA) is 42.7 Å². The lowest BCUT2D eigenvalue weighted by Crippen LogP contribution is -2.15. The zero-order chi connectivity index (χ0) is 14.4. The Labute approximate surface area is 121 Å². The molecule has 2 aromatic heterocycles. The molecule has 20 heavy (non-hydrogen) atoms. The van der Waals surface area contributed by atoms with Crippen LogP contribution < -0.4 is 5.32 Å². The molecule has 0 aliphatic carbocycles. The van der Waals surface area contributed by atoms with E-state index in [4.69, 9.17) is 0 Å². The summed E-state index contributed by atoms with van der Waals surface area (Å²) in [6.45, 7) is 9.34. The van der Waals surface area contributed by atoms with Crippen LogP contribution in [0.3, 0.4) is 0 Å². The molecule has 4 nitrogen and oxygen atoms in total. The maximum atomic E-state index is 4.67. The molecule has 0 amide bonds. The fourth-order valence-electron chi connectivity index (χ4n) is 2.38. The van der Waals surface area contributed by atoms with Gasteiger partial charge in [-0.1, -0.05) is 6.92 Å². The minimum absolute atomic E-state index is 0.917. The Bertz CT molecular complexity index is 531. The summed E-state index contributed by atoms with van der Waals surface area (Å²) in [6, 6.07) is 4.13. The minimum atomic E-state index is 0.917. The quantitative estimate of drug-likeness (QED) is 0.788. The van der Waals surface area contributed by atoms with E-state index in [1.54, 1.807) is 0 Å². The van der Waals surface area contributed by atoms with Gasteiger partial charge in [0.15, 0.2) is 0 Å². The van der Waals surface area contributed by atoms with Crippen molar-refractivity contribution in [3.05, 3.63) is 47.0 Å². The van der Waals surface area contributed by atoms with Crippen molar-refractivity contribution in [3.8, 4) is 0 Å². The Morgan fingerprint density at radius 2 is 1.95 bits per heavy atom. The second-order valence-electron chi connectivity index (χ2n) is 5.15. The second kappa shape index (κ2) is 7.20. The Kier molecular flexibility index (Phi) is 5.30. The van der Waals surface area contributed by atoms with Crippen molar-refractivity contribution in [1.82, 2.24) is 20.1 Å². The Morgan fingerprint density at radius 3 is 2.65 bits per heavy atom. The van der Waals surface area contributed by atoms with Gasteiger partial charge in [0.25, 0.3) is 0 Å². The van der Waals surface area contributed by atoms with Crippen LogP contribution in [0, 0.1) is 13.8 Å². The van der Waals surface area contributed by atoms with Crippen molar-refractivity contribution < 1.29 is 0 Å². The first-order valence-electron chi connectivity index (χ1n) is 7.35. The van der Waals surface area contributed by atoms with E-state index in [9.17, 15) is 0 Å². The fourth-order valence-corrected chi connectivity index (χ4v) is 2.38. The molecule has 108 valence electrons. The highest BCUT2D eigenvalue weighted by Crippen LogP contribution is 2.13. The van der Waals surface area contributed by atoms with Crippen LogP contribution in [0.4, 0.5) is 0 Å². The molecule has 0 bridgehead atoms. The maximum absolute atomic E-state index is 4.67. The zero-order valence-corrected chi connectivity index (χ0v) is 12.7. The SMILES string of the molecule is CCCNCc1c(C)nn(CCc2ccncc2)c1C. The smallest absolute Gasteiger partial charge is 0.0641 e. The van der Waals surface area contributed by atoms with Crippen LogP contribution in [0.1, 0.15) is 35.9 Å². The van der Waals surface area contributed by atoms with Crippen LogP contribution in [0.25, 0.3) is 0 Å². The molecule has 2 aromatic rings. The van der Waals surface area contributed by atoms with E-state index in [-0.39, 0.29) is 0 Å². The highest BCUT2D eigenvalue weighted by Gasteiger charge is 2.10. The number of pyridine rings is 1. The van der Waals surface area contributed by atoms with Crippen LogP contribution in [-0.4, -0.2) is 21.3 Å². The first kappa shape index (κ1) is 14.7. The third-order valence-electron chi connectivity index (χ3n) is 3.62. The summed E-state index contributed by atoms with van der Waals surface area (Å²) in [5, 5.41) is 8.12. The molecular formula is C16H24N4. The summed E-state index contributed by atoms with van der Waals surface area (Å²) in [5.74, 6) is 0. The molecule has 1 N–H and O–H groups in total. The third-order valence-corrected chi connectivity index (χ3v) is 3.62. The lowest BCUT2D eigenvalue weighted by atomic mass is 10.2. The number of rotatable bonds is 7. The molecule has 0 saturated carbocycles. The second-order valence-corrected chi connectivity index (χ2v) is 5.15. The van der Waals surface area contributed by atoms with Gasteiger partial charge in [-0.2, -0.15) is 5.10 Å². The van der Waals surface area contributed by atoms with Crippen molar-refractivity contribution in [2.75, 3.05) is 6.54 Å². The monoisotopic (exact) mass is 272 g/mol. The van der Waals surface area contributed by atoms with Crippen molar-refractivity contribution in [1.29, 1.82) is 0 Å². The summed E-state index contributed by atoms with van der Waals surface area (Å²) in [6.07, 6.45) is 5.84. The summed E-state index contributed by atoms with van der Waals surface area (Å²) < 4.78 is 2.12. The van der Waals surface area contributed by atoms with Gasteiger partial charge in [-0.05, 0) is 50.9 Å². The molecular weight excluding hydrogens is 248 g/mol. The number of aryl methyl sites for hydroxylation is 3. The van der Waals surface area contributed by atoms with E-state index >= 15 is 0 Å². The summed E-state index contributed by atoms with van der Waals surface area (Å²) in [5.41, 5.74) is 5.06. The predicted octanol–water partition coefficient (Wildman–Crippen LogP) is 2.64. The average molecular weight is 272 g/mol. The average Bonchev–Trinajstić information content (AvgIpc) is 2.74. The van der Waals surface area contributed by atoms with Crippen LogP contribution in [0.2, 0.25) is 0 Å².